The zero-order valence-electron chi connectivity index (χ0n) is 21.6. The predicted molar refractivity (Wildman–Crippen MR) is 149 cm³/mol. The van der Waals surface area contributed by atoms with E-state index in [2.05, 4.69) is 25.7 Å². The second-order valence-electron chi connectivity index (χ2n) is 11.1. The molecule has 0 bridgehead atoms. The molecule has 1 N–H and O–H groups in total. The highest BCUT2D eigenvalue weighted by atomic mass is 32.1. The fraction of sp³-hybridized carbons (Fsp3) is 0.323. The third-order valence-electron chi connectivity index (χ3n) is 8.76. The molecule has 3 aliphatic rings. The number of hydrogen-bond acceptors (Lipinski definition) is 4. The van der Waals surface area contributed by atoms with Gasteiger partial charge in [0.2, 0.25) is 17.7 Å². The van der Waals surface area contributed by atoms with E-state index in [0.29, 0.717) is 12.8 Å². The molecule has 1 aromatic heterocycles. The van der Waals surface area contributed by atoms with E-state index in [9.17, 15) is 14.4 Å². The molecule has 194 valence electrons. The highest BCUT2D eigenvalue weighted by Gasteiger charge is 2.70. The number of piperazine rings is 1. The van der Waals surface area contributed by atoms with E-state index in [1.54, 1.807) is 21.1 Å². The van der Waals surface area contributed by atoms with E-state index in [-0.39, 0.29) is 24.1 Å². The smallest absolute Gasteiger partial charge is 0.247 e. The first-order chi connectivity index (χ1) is 18.3. The summed E-state index contributed by atoms with van der Waals surface area (Å²) in [7, 11) is 0. The van der Waals surface area contributed by atoms with Crippen LogP contribution in [0.25, 0.3) is 0 Å². The highest BCUT2D eigenvalue weighted by molar-refractivity contribution is 7.08. The molecular formula is C31H31N3O3S. The van der Waals surface area contributed by atoms with Gasteiger partial charge < -0.3 is 10.2 Å². The minimum absolute atomic E-state index is 0.0818. The predicted octanol–water partition coefficient (Wildman–Crippen LogP) is 4.46. The molecule has 6 nitrogen and oxygen atoms in total. The third kappa shape index (κ3) is 3.48. The lowest BCUT2D eigenvalue weighted by Crippen LogP contribution is -2.67. The van der Waals surface area contributed by atoms with E-state index in [4.69, 9.17) is 0 Å². The van der Waals surface area contributed by atoms with Crippen molar-refractivity contribution in [1.29, 1.82) is 0 Å². The van der Waals surface area contributed by atoms with Crippen molar-refractivity contribution >= 4 is 34.7 Å². The van der Waals surface area contributed by atoms with Crippen molar-refractivity contribution in [3.05, 3.63) is 101 Å². The number of carbonyl (C=O) groups excluding carboxylic acids is 3. The molecule has 6 rings (SSSR count). The van der Waals surface area contributed by atoms with Gasteiger partial charge in [-0.2, -0.15) is 11.3 Å². The van der Waals surface area contributed by atoms with Crippen LogP contribution in [0.1, 0.15) is 37.0 Å². The molecular weight excluding hydrogens is 494 g/mol. The average molecular weight is 526 g/mol. The minimum Gasteiger partial charge on any atom is -0.342 e. The molecule has 2 aromatic carbocycles. The first-order valence-corrected chi connectivity index (χ1v) is 14.0. The molecule has 0 aliphatic carbocycles. The molecule has 0 unspecified atom stereocenters. The Morgan fingerprint density at radius 2 is 1.84 bits per heavy atom. The largest absolute Gasteiger partial charge is 0.342 e. The van der Waals surface area contributed by atoms with Crippen molar-refractivity contribution in [2.45, 2.75) is 56.8 Å². The van der Waals surface area contributed by atoms with Crippen LogP contribution in [0.2, 0.25) is 0 Å². The lowest BCUT2D eigenvalue weighted by molar-refractivity contribution is -0.149. The van der Waals surface area contributed by atoms with Gasteiger partial charge in [0.05, 0.1) is 6.42 Å². The number of anilines is 1. The first-order valence-electron chi connectivity index (χ1n) is 13.0. The Hall–Kier alpha value is -3.71. The van der Waals surface area contributed by atoms with Crippen molar-refractivity contribution in [2.24, 2.45) is 5.41 Å². The minimum atomic E-state index is -0.693. The van der Waals surface area contributed by atoms with Gasteiger partial charge >= 0.3 is 0 Å². The van der Waals surface area contributed by atoms with Crippen LogP contribution in [0.3, 0.4) is 0 Å². The standard InChI is InChI=1S/C31H31N3O3S/c1-4-30(2,3)31-18-25-27(36)32-23(16-20-10-6-5-7-11-20)28(37)34(25)29(31)33(24-13-9-8-12-22(24)31)26(35)17-21-14-15-38-19-21/h4-15,19,23,25,29H,1,16-18H2,2-3H3,(H,32,36)/t23-,25-,29-,31+/m0/s1. The van der Waals surface area contributed by atoms with Crippen molar-refractivity contribution < 1.29 is 14.4 Å². The second-order valence-corrected chi connectivity index (χ2v) is 11.9. The maximum absolute atomic E-state index is 14.2. The van der Waals surface area contributed by atoms with Crippen LogP contribution >= 0.6 is 11.3 Å². The van der Waals surface area contributed by atoms with Crippen molar-refractivity contribution in [2.75, 3.05) is 4.90 Å². The van der Waals surface area contributed by atoms with Crippen LogP contribution in [0.4, 0.5) is 5.69 Å². The van der Waals surface area contributed by atoms with Gasteiger partial charge in [0.25, 0.3) is 0 Å². The Morgan fingerprint density at radius 3 is 2.55 bits per heavy atom. The summed E-state index contributed by atoms with van der Waals surface area (Å²) in [6, 6.07) is 18.2. The van der Waals surface area contributed by atoms with Crippen LogP contribution in [-0.2, 0) is 32.6 Å². The molecule has 3 aromatic rings. The summed E-state index contributed by atoms with van der Waals surface area (Å²) in [5.41, 5.74) is 2.51. The molecule has 3 aliphatic heterocycles. The van der Waals surface area contributed by atoms with Crippen molar-refractivity contribution in [1.82, 2.24) is 10.2 Å². The molecule has 7 heteroatoms. The molecule has 3 amide bonds. The van der Waals surface area contributed by atoms with Crippen molar-refractivity contribution in [3.8, 4) is 0 Å². The van der Waals surface area contributed by atoms with Crippen LogP contribution in [0.15, 0.2) is 84.1 Å². The second kappa shape index (κ2) is 8.95. The summed E-state index contributed by atoms with van der Waals surface area (Å²) >= 11 is 1.55. The van der Waals surface area contributed by atoms with E-state index in [1.807, 2.05) is 77.5 Å². The number of nitrogens with one attached hydrogen (secondary N) is 1. The summed E-state index contributed by atoms with van der Waals surface area (Å²) in [6.07, 6.45) is 2.33. The van der Waals surface area contributed by atoms with Crippen LogP contribution in [0, 0.1) is 5.41 Å². The monoisotopic (exact) mass is 525 g/mol. The molecule has 0 spiro atoms. The van der Waals surface area contributed by atoms with Gasteiger partial charge in [-0.25, -0.2) is 0 Å². The van der Waals surface area contributed by atoms with Crippen LogP contribution < -0.4 is 10.2 Å². The zero-order valence-corrected chi connectivity index (χ0v) is 22.4. The normalized spacial score (nSPS) is 26.0. The fourth-order valence-electron chi connectivity index (χ4n) is 6.74. The number of allylic oxidation sites excluding steroid dienone is 1. The molecule has 2 fully saturated rings. The SMILES string of the molecule is C=CC(C)(C)[C@@]12C[C@H]3C(=O)N[C@@H](Cc4ccccc4)C(=O)N3[C@@H]1N(C(=O)Cc1ccsc1)c1ccccc12. The maximum Gasteiger partial charge on any atom is 0.247 e. The lowest BCUT2D eigenvalue weighted by Gasteiger charge is -2.46. The highest BCUT2D eigenvalue weighted by Crippen LogP contribution is 2.62. The Balaban J connectivity index is 1.49. The number of benzene rings is 2. The number of carbonyl (C=O) groups is 3. The first kappa shape index (κ1) is 24.6. The van der Waals surface area contributed by atoms with Gasteiger partial charge in [-0.05, 0) is 51.4 Å². The average Bonchev–Trinajstić information content (AvgIpc) is 3.62. The molecule has 0 radical (unpaired) electrons. The van der Waals surface area contributed by atoms with Crippen molar-refractivity contribution in [3.63, 3.8) is 0 Å². The number of fused-ring (bicyclic) bond motifs is 5. The summed E-state index contributed by atoms with van der Waals surface area (Å²) in [5.74, 6) is -0.394. The zero-order chi connectivity index (χ0) is 26.7. The quantitative estimate of drug-likeness (QED) is 0.484. The number of amides is 3. The van der Waals surface area contributed by atoms with Crippen LogP contribution in [-0.4, -0.2) is 40.9 Å². The number of rotatable bonds is 6. The Bertz CT molecular complexity index is 1420. The van der Waals surface area contributed by atoms with E-state index < -0.39 is 29.1 Å². The molecule has 4 atom stereocenters. The van der Waals surface area contributed by atoms with E-state index in [1.165, 1.54) is 0 Å². The van der Waals surface area contributed by atoms with Gasteiger partial charge in [-0.1, -0.05) is 68.5 Å². The number of para-hydroxylation sites is 1. The number of hydrogen-bond donors (Lipinski definition) is 1. The topological polar surface area (TPSA) is 69.7 Å². The molecule has 0 saturated carbocycles. The number of nitrogens with zero attached hydrogens (tertiary/aromatic N) is 2. The Labute approximate surface area is 227 Å². The van der Waals surface area contributed by atoms with E-state index >= 15 is 0 Å². The third-order valence-corrected chi connectivity index (χ3v) is 9.49. The fourth-order valence-corrected chi connectivity index (χ4v) is 7.41. The maximum atomic E-state index is 14.2. The molecule has 4 heterocycles. The van der Waals surface area contributed by atoms with Gasteiger partial charge in [0.1, 0.15) is 18.2 Å². The Morgan fingerprint density at radius 1 is 1.11 bits per heavy atom. The lowest BCUT2D eigenvalue weighted by atomic mass is 9.60. The van der Waals surface area contributed by atoms with Gasteiger partial charge in [0, 0.05) is 17.5 Å². The van der Waals surface area contributed by atoms with Gasteiger partial charge in [-0.15, -0.1) is 6.58 Å². The van der Waals surface area contributed by atoms with Gasteiger partial charge in [0.15, 0.2) is 0 Å². The number of thiophene rings is 1. The Kier molecular flexibility index (Phi) is 5.80. The molecule has 38 heavy (non-hydrogen) atoms. The summed E-state index contributed by atoms with van der Waals surface area (Å²) in [6.45, 7) is 8.35. The summed E-state index contributed by atoms with van der Waals surface area (Å²) < 4.78 is 0. The summed E-state index contributed by atoms with van der Waals surface area (Å²) in [4.78, 5) is 45.5. The molecule has 2 saturated heterocycles. The summed E-state index contributed by atoms with van der Waals surface area (Å²) in [5, 5.41) is 6.95. The van der Waals surface area contributed by atoms with Gasteiger partial charge in [-0.3, -0.25) is 19.3 Å². The van der Waals surface area contributed by atoms with Crippen LogP contribution in [0.5, 0.6) is 0 Å². The van der Waals surface area contributed by atoms with E-state index in [0.717, 1.165) is 22.4 Å².